The topological polar surface area (TPSA) is 24.5 Å². The lowest BCUT2D eigenvalue weighted by molar-refractivity contribution is 0.122. The van der Waals surface area contributed by atoms with Gasteiger partial charge >= 0.3 is 0 Å². The Balaban J connectivity index is 1.47. The molecule has 22 heavy (non-hydrogen) atoms. The monoisotopic (exact) mass is 302 g/mol. The maximum Gasteiger partial charge on any atom is 0.0642 e. The molecule has 122 valence electrons. The van der Waals surface area contributed by atoms with Crippen LogP contribution >= 0.6 is 0 Å². The molecule has 3 nitrogen and oxygen atoms in total. The molecular formula is C19H30N2O. The highest BCUT2D eigenvalue weighted by atomic mass is 16.5. The first-order chi connectivity index (χ1) is 10.9. The van der Waals surface area contributed by atoms with Crippen LogP contribution < -0.4 is 10.2 Å². The Hall–Kier alpha value is -1.06. The molecule has 3 rings (SSSR count). The van der Waals surface area contributed by atoms with Gasteiger partial charge < -0.3 is 15.0 Å². The second-order valence-corrected chi connectivity index (χ2v) is 6.69. The summed E-state index contributed by atoms with van der Waals surface area (Å²) >= 11 is 0. The lowest BCUT2D eigenvalue weighted by Crippen LogP contribution is -2.36. The Morgan fingerprint density at radius 2 is 1.55 bits per heavy atom. The van der Waals surface area contributed by atoms with Crippen LogP contribution in [-0.4, -0.2) is 32.3 Å². The van der Waals surface area contributed by atoms with Crippen LogP contribution in [0.15, 0.2) is 24.3 Å². The van der Waals surface area contributed by atoms with Gasteiger partial charge in [-0.3, -0.25) is 0 Å². The molecule has 0 bridgehead atoms. The molecule has 2 aliphatic rings. The number of hydrogen-bond acceptors (Lipinski definition) is 3. The van der Waals surface area contributed by atoms with Crippen molar-refractivity contribution in [2.45, 2.75) is 57.5 Å². The number of morpholine rings is 1. The van der Waals surface area contributed by atoms with E-state index in [1.165, 1.54) is 56.2 Å². The van der Waals surface area contributed by atoms with Crippen LogP contribution in [0, 0.1) is 0 Å². The SMILES string of the molecule is c1cc(N2CCOCC2)ccc1CNC1CCCCCCC1. The molecule has 1 heterocycles. The molecule has 1 saturated heterocycles. The van der Waals surface area contributed by atoms with Crippen molar-refractivity contribution in [1.29, 1.82) is 0 Å². The summed E-state index contributed by atoms with van der Waals surface area (Å²) in [5.41, 5.74) is 2.73. The minimum Gasteiger partial charge on any atom is -0.378 e. The number of hydrogen-bond donors (Lipinski definition) is 1. The Morgan fingerprint density at radius 3 is 2.23 bits per heavy atom. The first-order valence-electron chi connectivity index (χ1n) is 9.07. The fraction of sp³-hybridized carbons (Fsp3) is 0.684. The molecule has 0 amide bonds. The van der Waals surface area contributed by atoms with Gasteiger partial charge in [-0.05, 0) is 30.5 Å². The van der Waals surface area contributed by atoms with Gasteiger partial charge in [0.15, 0.2) is 0 Å². The Bertz CT molecular complexity index is 418. The van der Waals surface area contributed by atoms with Crippen molar-refractivity contribution in [3.05, 3.63) is 29.8 Å². The van der Waals surface area contributed by atoms with Crippen LogP contribution in [0.25, 0.3) is 0 Å². The summed E-state index contributed by atoms with van der Waals surface area (Å²) in [5, 5.41) is 3.77. The summed E-state index contributed by atoms with van der Waals surface area (Å²) < 4.78 is 5.42. The van der Waals surface area contributed by atoms with Crippen LogP contribution in [0.3, 0.4) is 0 Å². The Kier molecular flexibility index (Phi) is 6.14. The largest absolute Gasteiger partial charge is 0.378 e. The standard InChI is InChI=1S/C19H30N2O/c1-2-4-6-18(7-5-3-1)20-16-17-8-10-19(11-9-17)21-12-14-22-15-13-21/h8-11,18,20H,1-7,12-16H2. The molecule has 0 aromatic heterocycles. The molecule has 0 radical (unpaired) electrons. The average molecular weight is 302 g/mol. The second-order valence-electron chi connectivity index (χ2n) is 6.69. The van der Waals surface area contributed by atoms with E-state index in [4.69, 9.17) is 4.74 Å². The van der Waals surface area contributed by atoms with Crippen LogP contribution in [0.5, 0.6) is 0 Å². The van der Waals surface area contributed by atoms with Crippen molar-refractivity contribution >= 4 is 5.69 Å². The van der Waals surface area contributed by atoms with Crippen LogP contribution in [0.1, 0.15) is 50.5 Å². The molecule has 1 aromatic carbocycles. The number of ether oxygens (including phenoxy) is 1. The van der Waals surface area contributed by atoms with Gasteiger partial charge in [-0.15, -0.1) is 0 Å². The first kappa shape index (κ1) is 15.8. The number of rotatable bonds is 4. The second kappa shape index (κ2) is 8.54. The summed E-state index contributed by atoms with van der Waals surface area (Å²) in [6, 6.07) is 9.81. The summed E-state index contributed by atoms with van der Waals surface area (Å²) in [7, 11) is 0. The predicted octanol–water partition coefficient (Wildman–Crippen LogP) is 3.73. The van der Waals surface area contributed by atoms with E-state index in [1.807, 2.05) is 0 Å². The summed E-state index contributed by atoms with van der Waals surface area (Å²) in [5.74, 6) is 0. The van der Waals surface area contributed by atoms with Crippen molar-refractivity contribution in [2.75, 3.05) is 31.2 Å². The van der Waals surface area contributed by atoms with Crippen LogP contribution in [-0.2, 0) is 11.3 Å². The van der Waals surface area contributed by atoms with E-state index >= 15 is 0 Å². The first-order valence-corrected chi connectivity index (χ1v) is 9.07. The molecule has 1 aromatic rings. The van der Waals surface area contributed by atoms with E-state index in [2.05, 4.69) is 34.5 Å². The van der Waals surface area contributed by atoms with Crippen molar-refractivity contribution < 1.29 is 4.74 Å². The van der Waals surface area contributed by atoms with E-state index < -0.39 is 0 Å². The van der Waals surface area contributed by atoms with Gasteiger partial charge in [0, 0.05) is 31.4 Å². The third-order valence-corrected chi connectivity index (χ3v) is 5.01. The summed E-state index contributed by atoms with van der Waals surface area (Å²) in [6.07, 6.45) is 9.79. The van der Waals surface area contributed by atoms with Crippen molar-refractivity contribution in [2.24, 2.45) is 0 Å². The maximum atomic E-state index is 5.42. The molecule has 0 spiro atoms. The number of benzene rings is 1. The van der Waals surface area contributed by atoms with Crippen molar-refractivity contribution in [3.8, 4) is 0 Å². The van der Waals surface area contributed by atoms with Gasteiger partial charge in [0.2, 0.25) is 0 Å². The smallest absolute Gasteiger partial charge is 0.0642 e. The number of nitrogens with zero attached hydrogens (tertiary/aromatic N) is 1. The molecule has 0 atom stereocenters. The zero-order chi connectivity index (χ0) is 15.0. The minimum atomic E-state index is 0.721. The van der Waals surface area contributed by atoms with Crippen LogP contribution in [0.2, 0.25) is 0 Å². The predicted molar refractivity (Wildman–Crippen MR) is 92.4 cm³/mol. The molecule has 1 aliphatic carbocycles. The minimum absolute atomic E-state index is 0.721. The summed E-state index contributed by atoms with van der Waals surface area (Å²) in [4.78, 5) is 2.41. The van der Waals surface area contributed by atoms with Gasteiger partial charge in [-0.25, -0.2) is 0 Å². The third kappa shape index (κ3) is 4.72. The van der Waals surface area contributed by atoms with Gasteiger partial charge in [0.05, 0.1) is 13.2 Å². The zero-order valence-corrected chi connectivity index (χ0v) is 13.7. The molecule has 3 heteroatoms. The number of nitrogens with one attached hydrogen (secondary N) is 1. The van der Waals surface area contributed by atoms with E-state index in [1.54, 1.807) is 0 Å². The van der Waals surface area contributed by atoms with E-state index in [0.29, 0.717) is 0 Å². The molecule has 1 saturated carbocycles. The van der Waals surface area contributed by atoms with E-state index in [-0.39, 0.29) is 0 Å². The Labute approximate surface area is 135 Å². The number of anilines is 1. The van der Waals surface area contributed by atoms with Gasteiger partial charge in [-0.1, -0.05) is 44.2 Å². The molecule has 2 fully saturated rings. The molecule has 0 unspecified atom stereocenters. The lowest BCUT2D eigenvalue weighted by Gasteiger charge is -2.29. The highest BCUT2D eigenvalue weighted by Gasteiger charge is 2.12. The average Bonchev–Trinajstić information content (AvgIpc) is 2.55. The molecule has 1 N–H and O–H groups in total. The fourth-order valence-corrected chi connectivity index (χ4v) is 3.57. The van der Waals surface area contributed by atoms with E-state index in [9.17, 15) is 0 Å². The summed E-state index contributed by atoms with van der Waals surface area (Å²) in [6.45, 7) is 4.74. The van der Waals surface area contributed by atoms with Gasteiger partial charge in [0.1, 0.15) is 0 Å². The van der Waals surface area contributed by atoms with Crippen LogP contribution in [0.4, 0.5) is 5.69 Å². The van der Waals surface area contributed by atoms with Crippen molar-refractivity contribution in [1.82, 2.24) is 5.32 Å². The third-order valence-electron chi connectivity index (χ3n) is 5.01. The molecular weight excluding hydrogens is 272 g/mol. The highest BCUT2D eigenvalue weighted by Crippen LogP contribution is 2.19. The maximum absolute atomic E-state index is 5.42. The Morgan fingerprint density at radius 1 is 0.909 bits per heavy atom. The van der Waals surface area contributed by atoms with Gasteiger partial charge in [-0.2, -0.15) is 0 Å². The normalized spacial score (nSPS) is 21.4. The fourth-order valence-electron chi connectivity index (χ4n) is 3.57. The van der Waals surface area contributed by atoms with Gasteiger partial charge in [0.25, 0.3) is 0 Å². The molecule has 1 aliphatic heterocycles. The highest BCUT2D eigenvalue weighted by molar-refractivity contribution is 5.47. The quantitative estimate of drug-likeness (QED) is 0.917. The zero-order valence-electron chi connectivity index (χ0n) is 13.7. The van der Waals surface area contributed by atoms with E-state index in [0.717, 1.165) is 38.9 Å². The van der Waals surface area contributed by atoms with Crippen molar-refractivity contribution in [3.63, 3.8) is 0 Å². The lowest BCUT2D eigenvalue weighted by atomic mass is 9.96.